The van der Waals surface area contributed by atoms with E-state index in [1.54, 1.807) is 13.8 Å². The molecule has 0 saturated heterocycles. The Morgan fingerprint density at radius 3 is 2.37 bits per heavy atom. The summed E-state index contributed by atoms with van der Waals surface area (Å²) < 4.78 is 1.40. The number of carbonyl (C=O) groups excluding carboxylic acids is 1. The molecule has 0 bridgehead atoms. The first-order chi connectivity index (χ1) is 12.6. The highest BCUT2D eigenvalue weighted by Crippen LogP contribution is 2.33. The third-order valence-corrected chi connectivity index (χ3v) is 4.64. The molecular weight excluding hydrogens is 346 g/mol. The van der Waals surface area contributed by atoms with Crippen molar-refractivity contribution in [3.05, 3.63) is 66.6 Å². The van der Waals surface area contributed by atoms with Crippen molar-refractivity contribution < 1.29 is 9.72 Å². The van der Waals surface area contributed by atoms with E-state index in [9.17, 15) is 19.7 Å². The number of benzene rings is 1. The zero-order valence-corrected chi connectivity index (χ0v) is 16.5. The van der Waals surface area contributed by atoms with Crippen molar-refractivity contribution in [2.45, 2.75) is 48.1 Å². The highest BCUT2D eigenvalue weighted by molar-refractivity contribution is 6.10. The maximum Gasteiger partial charge on any atom is 0.277 e. The minimum absolute atomic E-state index is 0.0356. The molecule has 0 aliphatic carbocycles. The first kappa shape index (κ1) is 20.4. The Labute approximate surface area is 157 Å². The van der Waals surface area contributed by atoms with E-state index < -0.39 is 10.7 Å². The van der Waals surface area contributed by atoms with E-state index in [0.29, 0.717) is 23.2 Å². The number of H-pyrrole nitrogens is 1. The predicted molar refractivity (Wildman–Crippen MR) is 105 cm³/mol. The largest absolute Gasteiger partial charge is 0.302 e. The van der Waals surface area contributed by atoms with E-state index in [0.717, 1.165) is 11.1 Å². The van der Waals surface area contributed by atoms with Gasteiger partial charge in [-0.15, -0.1) is 0 Å². The topological polar surface area (TPSA) is 98.0 Å². The molecular formula is C20H25N3O4. The molecule has 7 heteroatoms. The Balaban J connectivity index is 2.64. The van der Waals surface area contributed by atoms with Crippen LogP contribution in [0.1, 0.15) is 61.7 Å². The van der Waals surface area contributed by atoms with Gasteiger partial charge in [0, 0.05) is 24.4 Å². The number of hydrogen-bond donors (Lipinski definition) is 1. The Hall–Kier alpha value is -2.96. The van der Waals surface area contributed by atoms with Gasteiger partial charge in [-0.3, -0.25) is 24.4 Å². The van der Waals surface area contributed by atoms with Crippen LogP contribution in [0.4, 0.5) is 5.69 Å². The van der Waals surface area contributed by atoms with Gasteiger partial charge >= 0.3 is 0 Å². The molecule has 0 fully saturated rings. The van der Waals surface area contributed by atoms with E-state index in [1.165, 1.54) is 23.0 Å². The van der Waals surface area contributed by atoms with Gasteiger partial charge in [0.05, 0.1) is 10.5 Å². The fraction of sp³-hybridized carbons (Fsp3) is 0.400. The van der Waals surface area contributed by atoms with Gasteiger partial charge in [-0.1, -0.05) is 19.4 Å². The van der Waals surface area contributed by atoms with Crippen LogP contribution in [-0.2, 0) is 6.54 Å². The Bertz CT molecular complexity index is 989. The summed E-state index contributed by atoms with van der Waals surface area (Å²) >= 11 is 0. The molecule has 0 amide bonds. The van der Waals surface area contributed by atoms with Gasteiger partial charge < -0.3 is 5.10 Å². The van der Waals surface area contributed by atoms with Crippen LogP contribution < -0.4 is 5.56 Å². The third kappa shape index (κ3) is 3.92. The molecule has 27 heavy (non-hydrogen) atoms. The molecule has 0 aliphatic heterocycles. The lowest BCUT2D eigenvalue weighted by Crippen LogP contribution is -2.24. The van der Waals surface area contributed by atoms with Crippen LogP contribution in [0.2, 0.25) is 0 Å². The number of aromatic amines is 1. The first-order valence-electron chi connectivity index (χ1n) is 8.81. The number of carbonyl (C=O) groups is 1. The SMILES string of the molecule is CC(C)=C(C)c1c([N+](=O)[O-])ccc(C(=O)c2c[nH]n(CC(C)C)c2=O)c1C. The van der Waals surface area contributed by atoms with Gasteiger partial charge in [-0.25, -0.2) is 0 Å². The number of allylic oxidation sites excluding steroid dienone is 2. The molecule has 0 unspecified atom stereocenters. The molecule has 1 heterocycles. The van der Waals surface area contributed by atoms with Crippen molar-refractivity contribution in [3.8, 4) is 0 Å². The van der Waals surface area contributed by atoms with Crippen molar-refractivity contribution in [2.24, 2.45) is 5.92 Å². The first-order valence-corrected chi connectivity index (χ1v) is 8.81. The van der Waals surface area contributed by atoms with Crippen molar-refractivity contribution >= 4 is 17.0 Å². The number of hydrogen-bond acceptors (Lipinski definition) is 4. The normalized spacial score (nSPS) is 10.9. The van der Waals surface area contributed by atoms with Crippen molar-refractivity contribution in [1.29, 1.82) is 0 Å². The number of aromatic nitrogens is 2. The molecule has 1 aromatic heterocycles. The second-order valence-corrected chi connectivity index (χ2v) is 7.34. The highest BCUT2D eigenvalue weighted by atomic mass is 16.6. The van der Waals surface area contributed by atoms with Gasteiger partial charge in [0.2, 0.25) is 0 Å². The van der Waals surface area contributed by atoms with Gasteiger partial charge in [0.15, 0.2) is 5.78 Å². The number of rotatable bonds is 6. The monoisotopic (exact) mass is 371 g/mol. The second-order valence-electron chi connectivity index (χ2n) is 7.34. The van der Waals surface area contributed by atoms with Crippen LogP contribution in [0.5, 0.6) is 0 Å². The molecule has 0 atom stereocenters. The van der Waals surface area contributed by atoms with Gasteiger partial charge in [-0.2, -0.15) is 0 Å². The summed E-state index contributed by atoms with van der Waals surface area (Å²) in [5.74, 6) is -0.189. The summed E-state index contributed by atoms with van der Waals surface area (Å²) in [6.07, 6.45) is 1.40. The number of nitrogens with zero attached hydrogens (tertiary/aromatic N) is 2. The number of ketones is 1. The van der Waals surface area contributed by atoms with Crippen LogP contribution >= 0.6 is 0 Å². The molecule has 144 valence electrons. The van der Waals surface area contributed by atoms with Crippen molar-refractivity contribution in [1.82, 2.24) is 9.78 Å². The minimum Gasteiger partial charge on any atom is -0.302 e. The lowest BCUT2D eigenvalue weighted by molar-refractivity contribution is -0.385. The molecule has 0 aliphatic rings. The Kier molecular flexibility index (Phi) is 5.83. The van der Waals surface area contributed by atoms with E-state index in [2.05, 4.69) is 5.10 Å². The highest BCUT2D eigenvalue weighted by Gasteiger charge is 2.25. The average molecular weight is 371 g/mol. The quantitative estimate of drug-likeness (QED) is 0.470. The maximum absolute atomic E-state index is 13.0. The minimum atomic E-state index is -0.449. The van der Waals surface area contributed by atoms with Crippen molar-refractivity contribution in [3.63, 3.8) is 0 Å². The zero-order valence-electron chi connectivity index (χ0n) is 16.5. The van der Waals surface area contributed by atoms with Crippen LogP contribution in [0.15, 0.2) is 28.7 Å². The van der Waals surface area contributed by atoms with E-state index in [4.69, 9.17) is 0 Å². The fourth-order valence-electron chi connectivity index (χ4n) is 3.04. The van der Waals surface area contributed by atoms with E-state index >= 15 is 0 Å². The van der Waals surface area contributed by atoms with Gasteiger partial charge in [-0.05, 0) is 50.8 Å². The molecule has 0 spiro atoms. The Morgan fingerprint density at radius 2 is 1.85 bits per heavy atom. The smallest absolute Gasteiger partial charge is 0.277 e. The van der Waals surface area contributed by atoms with Crippen molar-refractivity contribution in [2.75, 3.05) is 0 Å². The lowest BCUT2D eigenvalue weighted by atomic mass is 9.90. The molecule has 0 radical (unpaired) electrons. The van der Waals surface area contributed by atoms with Gasteiger partial charge in [0.25, 0.3) is 11.2 Å². The van der Waals surface area contributed by atoms with Crippen LogP contribution in [0, 0.1) is 23.0 Å². The Morgan fingerprint density at radius 1 is 1.22 bits per heavy atom. The fourth-order valence-corrected chi connectivity index (χ4v) is 3.04. The van der Waals surface area contributed by atoms with E-state index in [-0.39, 0.29) is 22.7 Å². The van der Waals surface area contributed by atoms with Crippen LogP contribution in [0.3, 0.4) is 0 Å². The van der Waals surface area contributed by atoms with Crippen LogP contribution in [-0.4, -0.2) is 20.5 Å². The predicted octanol–water partition coefficient (Wildman–Crippen LogP) is 4.09. The summed E-state index contributed by atoms with van der Waals surface area (Å²) in [5, 5.41) is 14.3. The molecule has 1 N–H and O–H groups in total. The van der Waals surface area contributed by atoms with E-state index in [1.807, 2.05) is 27.7 Å². The summed E-state index contributed by atoms with van der Waals surface area (Å²) in [4.78, 5) is 36.5. The summed E-state index contributed by atoms with van der Waals surface area (Å²) in [6.45, 7) is 11.6. The summed E-state index contributed by atoms with van der Waals surface area (Å²) in [6, 6.07) is 2.76. The molecule has 1 aromatic carbocycles. The maximum atomic E-state index is 13.0. The van der Waals surface area contributed by atoms with Crippen LogP contribution in [0.25, 0.3) is 5.57 Å². The second kappa shape index (κ2) is 7.73. The molecule has 0 saturated carbocycles. The zero-order chi connectivity index (χ0) is 20.5. The lowest BCUT2D eigenvalue weighted by Gasteiger charge is -2.12. The van der Waals surface area contributed by atoms with Gasteiger partial charge in [0.1, 0.15) is 5.56 Å². The molecule has 2 aromatic rings. The average Bonchev–Trinajstić information content (AvgIpc) is 2.93. The summed E-state index contributed by atoms with van der Waals surface area (Å²) in [5.41, 5.74) is 2.51. The molecule has 2 rings (SSSR count). The molecule has 7 nitrogen and oxygen atoms in total. The number of nitro benzene ring substituents is 1. The third-order valence-electron chi connectivity index (χ3n) is 4.64. The number of nitro groups is 1. The standard InChI is InChI=1S/C20H25N3O4/c1-11(2)10-22-20(25)16(9-21-22)19(24)15-7-8-17(23(26)27)18(14(15)6)13(5)12(3)4/h7-9,11,21H,10H2,1-6H3. The number of nitrogens with one attached hydrogen (secondary N) is 1. The summed E-state index contributed by atoms with van der Waals surface area (Å²) in [7, 11) is 0.